The molecule has 1 heterocycles. The number of hydrogen-bond acceptors (Lipinski definition) is 7. The number of carbonyl (C=O) groups is 1. The van der Waals surface area contributed by atoms with Crippen molar-refractivity contribution in [3.8, 4) is 5.75 Å². The smallest absolute Gasteiger partial charge is 0.263 e. The van der Waals surface area contributed by atoms with Gasteiger partial charge in [-0.25, -0.2) is 8.42 Å². The number of benzene rings is 2. The molecule has 0 aliphatic heterocycles. The van der Waals surface area contributed by atoms with Crippen molar-refractivity contribution in [2.24, 2.45) is 0 Å². The Bertz CT molecular complexity index is 1280. The first-order chi connectivity index (χ1) is 16.4. The van der Waals surface area contributed by atoms with E-state index < -0.39 is 10.0 Å². The SMILES string of the molecule is COc1ccc(C(C)(C)C)cc1C(=O)NCCc1ccc(S(=O)(=O)Nc2nnc(C(C)C)s2)cc1. The van der Waals surface area contributed by atoms with Crippen LogP contribution < -0.4 is 14.8 Å². The first-order valence-electron chi connectivity index (χ1n) is 11.3. The van der Waals surface area contributed by atoms with E-state index in [-0.39, 0.29) is 27.3 Å². The molecule has 10 heteroatoms. The fraction of sp³-hybridized carbons (Fsp3) is 0.400. The largest absolute Gasteiger partial charge is 0.496 e. The predicted octanol–water partition coefficient (Wildman–Crippen LogP) is 4.74. The van der Waals surface area contributed by atoms with Gasteiger partial charge in [-0.1, -0.05) is 64.2 Å². The van der Waals surface area contributed by atoms with Gasteiger partial charge in [-0.15, -0.1) is 10.2 Å². The summed E-state index contributed by atoms with van der Waals surface area (Å²) in [7, 11) is -2.22. The van der Waals surface area contributed by atoms with E-state index in [2.05, 4.69) is 41.0 Å². The van der Waals surface area contributed by atoms with Gasteiger partial charge < -0.3 is 10.1 Å². The zero-order valence-corrected chi connectivity index (χ0v) is 22.5. The molecule has 3 aromatic rings. The molecule has 0 bridgehead atoms. The van der Waals surface area contributed by atoms with E-state index in [9.17, 15) is 13.2 Å². The molecule has 1 aromatic heterocycles. The molecule has 0 aliphatic rings. The molecule has 0 fully saturated rings. The van der Waals surface area contributed by atoms with Gasteiger partial charge in [-0.05, 0) is 47.2 Å². The molecule has 0 saturated heterocycles. The highest BCUT2D eigenvalue weighted by Gasteiger charge is 2.20. The zero-order valence-electron chi connectivity index (χ0n) is 20.9. The first-order valence-corrected chi connectivity index (χ1v) is 13.6. The minimum absolute atomic E-state index is 0.0922. The molecule has 0 unspecified atom stereocenters. The lowest BCUT2D eigenvalue weighted by Crippen LogP contribution is -2.26. The van der Waals surface area contributed by atoms with E-state index in [1.807, 2.05) is 32.0 Å². The van der Waals surface area contributed by atoms with E-state index in [4.69, 9.17) is 4.74 Å². The van der Waals surface area contributed by atoms with Crippen molar-refractivity contribution in [2.45, 2.75) is 57.3 Å². The average molecular weight is 517 g/mol. The second-order valence-electron chi connectivity index (χ2n) is 9.52. The third kappa shape index (κ3) is 6.79. The molecule has 35 heavy (non-hydrogen) atoms. The van der Waals surface area contributed by atoms with E-state index in [1.165, 1.54) is 11.3 Å². The Hall–Kier alpha value is -2.98. The number of methoxy groups -OCH3 is 1. The van der Waals surface area contributed by atoms with Gasteiger partial charge in [-0.2, -0.15) is 0 Å². The van der Waals surface area contributed by atoms with E-state index in [0.717, 1.165) is 16.1 Å². The summed E-state index contributed by atoms with van der Waals surface area (Å²) in [6.45, 7) is 10.6. The fourth-order valence-electron chi connectivity index (χ4n) is 3.29. The van der Waals surface area contributed by atoms with Gasteiger partial charge in [0.25, 0.3) is 15.9 Å². The zero-order chi connectivity index (χ0) is 25.8. The van der Waals surface area contributed by atoms with Crippen LogP contribution in [0.1, 0.15) is 67.0 Å². The molecule has 0 spiro atoms. The molecule has 0 atom stereocenters. The lowest BCUT2D eigenvalue weighted by molar-refractivity contribution is 0.0951. The summed E-state index contributed by atoms with van der Waals surface area (Å²) >= 11 is 1.22. The van der Waals surface area contributed by atoms with Crippen LogP contribution in [-0.4, -0.2) is 38.2 Å². The maximum Gasteiger partial charge on any atom is 0.263 e. The van der Waals surface area contributed by atoms with Crippen molar-refractivity contribution in [3.05, 3.63) is 64.2 Å². The van der Waals surface area contributed by atoms with Gasteiger partial charge in [0.2, 0.25) is 5.13 Å². The normalized spacial score (nSPS) is 12.0. The maximum absolute atomic E-state index is 12.8. The molecular weight excluding hydrogens is 484 g/mol. The predicted molar refractivity (Wildman–Crippen MR) is 139 cm³/mol. The molecule has 0 aliphatic carbocycles. The summed E-state index contributed by atoms with van der Waals surface area (Å²) in [5.74, 6) is 0.483. The molecule has 8 nitrogen and oxygen atoms in total. The second-order valence-corrected chi connectivity index (χ2v) is 12.2. The summed E-state index contributed by atoms with van der Waals surface area (Å²) in [4.78, 5) is 12.9. The second kappa shape index (κ2) is 10.7. The van der Waals surface area contributed by atoms with Crippen molar-refractivity contribution in [2.75, 3.05) is 18.4 Å². The lowest BCUT2D eigenvalue weighted by Gasteiger charge is -2.21. The molecule has 0 radical (unpaired) electrons. The summed E-state index contributed by atoms with van der Waals surface area (Å²) in [6.07, 6.45) is 0.551. The van der Waals surface area contributed by atoms with Gasteiger partial charge >= 0.3 is 0 Å². The van der Waals surface area contributed by atoms with E-state index in [0.29, 0.717) is 24.3 Å². The van der Waals surface area contributed by atoms with Crippen LogP contribution in [0.15, 0.2) is 47.4 Å². The van der Waals surface area contributed by atoms with Crippen LogP contribution in [-0.2, 0) is 21.9 Å². The lowest BCUT2D eigenvalue weighted by atomic mass is 9.86. The Morgan fingerprint density at radius 1 is 1.09 bits per heavy atom. The van der Waals surface area contributed by atoms with Crippen molar-refractivity contribution in [1.29, 1.82) is 0 Å². The summed E-state index contributed by atoms with van der Waals surface area (Å²) < 4.78 is 33.2. The average Bonchev–Trinajstić information content (AvgIpc) is 3.26. The molecule has 188 valence electrons. The van der Waals surface area contributed by atoms with Crippen LogP contribution in [0.25, 0.3) is 0 Å². The quantitative estimate of drug-likeness (QED) is 0.425. The third-order valence-corrected chi connectivity index (χ3v) is 8.02. The first kappa shape index (κ1) is 26.6. The number of nitrogens with zero attached hydrogens (tertiary/aromatic N) is 2. The standard InChI is InChI=1S/C25H32N4O4S2/c1-16(2)23-27-28-24(34-23)29-35(31,32)19-10-7-17(8-11-19)13-14-26-22(30)20-15-18(25(3,4)5)9-12-21(20)33-6/h7-12,15-16H,13-14H2,1-6H3,(H,26,30)(H,28,29). The fourth-order valence-corrected chi connectivity index (χ4v) is 5.26. The maximum atomic E-state index is 12.8. The number of ether oxygens (including phenoxy) is 1. The highest BCUT2D eigenvalue weighted by Crippen LogP contribution is 2.28. The monoisotopic (exact) mass is 516 g/mol. The number of sulfonamides is 1. The molecule has 1 amide bonds. The highest BCUT2D eigenvalue weighted by molar-refractivity contribution is 7.93. The Morgan fingerprint density at radius 2 is 1.77 bits per heavy atom. The van der Waals surface area contributed by atoms with Gasteiger partial charge in [0.1, 0.15) is 10.8 Å². The van der Waals surface area contributed by atoms with Crippen molar-refractivity contribution >= 4 is 32.4 Å². The minimum atomic E-state index is -3.76. The number of aromatic nitrogens is 2. The molecule has 2 aromatic carbocycles. The van der Waals surface area contributed by atoms with Gasteiger partial charge in [0, 0.05) is 12.5 Å². The van der Waals surface area contributed by atoms with Gasteiger partial charge in [0.15, 0.2) is 0 Å². The number of hydrogen-bond donors (Lipinski definition) is 2. The van der Waals surface area contributed by atoms with Crippen LogP contribution >= 0.6 is 11.3 Å². The number of rotatable bonds is 9. The van der Waals surface area contributed by atoms with Crippen molar-refractivity contribution in [3.63, 3.8) is 0 Å². The Morgan fingerprint density at radius 3 is 2.34 bits per heavy atom. The van der Waals surface area contributed by atoms with Crippen LogP contribution in [0, 0.1) is 0 Å². The summed E-state index contributed by atoms with van der Waals surface area (Å²) in [5.41, 5.74) is 2.34. The van der Waals surface area contributed by atoms with Crippen LogP contribution in [0.3, 0.4) is 0 Å². The summed E-state index contributed by atoms with van der Waals surface area (Å²) in [6, 6.07) is 12.2. The number of amides is 1. The number of nitrogens with one attached hydrogen (secondary N) is 2. The van der Waals surface area contributed by atoms with Gasteiger partial charge in [0.05, 0.1) is 17.6 Å². The minimum Gasteiger partial charge on any atom is -0.496 e. The van der Waals surface area contributed by atoms with Crippen molar-refractivity contribution in [1.82, 2.24) is 15.5 Å². The van der Waals surface area contributed by atoms with Crippen LogP contribution in [0.2, 0.25) is 0 Å². The van der Waals surface area contributed by atoms with Gasteiger partial charge in [-0.3, -0.25) is 9.52 Å². The molecule has 2 N–H and O–H groups in total. The Balaban J connectivity index is 1.61. The van der Waals surface area contributed by atoms with E-state index in [1.54, 1.807) is 31.4 Å². The topological polar surface area (TPSA) is 110 Å². The van der Waals surface area contributed by atoms with Crippen LogP contribution in [0.5, 0.6) is 5.75 Å². The molecular formula is C25H32N4O4S2. The van der Waals surface area contributed by atoms with E-state index >= 15 is 0 Å². The Labute approximate surface area is 211 Å². The molecule has 0 saturated carbocycles. The number of anilines is 1. The number of carbonyl (C=O) groups excluding carboxylic acids is 1. The Kier molecular flexibility index (Phi) is 8.17. The highest BCUT2D eigenvalue weighted by atomic mass is 32.2. The van der Waals surface area contributed by atoms with Crippen molar-refractivity contribution < 1.29 is 17.9 Å². The van der Waals surface area contributed by atoms with Crippen LogP contribution in [0.4, 0.5) is 5.13 Å². The summed E-state index contributed by atoms with van der Waals surface area (Å²) in [5, 5.41) is 11.8. The third-order valence-electron chi connectivity index (χ3n) is 5.40. The molecule has 3 rings (SSSR count).